The fraction of sp³-hybridized carbons (Fsp3) is 0.833. The summed E-state index contributed by atoms with van der Waals surface area (Å²) in [6.45, 7) is 8.29. The molecule has 0 aromatic heterocycles. The summed E-state index contributed by atoms with van der Waals surface area (Å²) in [4.78, 5) is 25.0. The minimum absolute atomic E-state index is 0.0169. The van der Waals surface area contributed by atoms with Gasteiger partial charge in [-0.15, -0.1) is 0 Å². The van der Waals surface area contributed by atoms with Gasteiger partial charge in [-0.3, -0.25) is 9.59 Å². The normalized spacial score (nSPS) is 25.9. The van der Waals surface area contributed by atoms with E-state index < -0.39 is 0 Å². The van der Waals surface area contributed by atoms with Crippen molar-refractivity contribution in [1.82, 2.24) is 10.2 Å². The Hall–Kier alpha value is -1.10. The first-order valence-electron chi connectivity index (χ1n) is 6.03. The van der Waals surface area contributed by atoms with E-state index >= 15 is 0 Å². The summed E-state index contributed by atoms with van der Waals surface area (Å²) in [6.07, 6.45) is 0.434. The van der Waals surface area contributed by atoms with Crippen LogP contribution in [0.2, 0.25) is 0 Å². The highest BCUT2D eigenvalue weighted by atomic mass is 16.2. The standard InChI is InChI=1S/C12H23N3O2/c1-8-5-11(17)15(6-9(8)13)7-10(16)14-12(2,3)4/h8-9H,5-7,13H2,1-4H3,(H,14,16). The average Bonchev–Trinajstić information content (AvgIpc) is 2.11. The van der Waals surface area contributed by atoms with Crippen molar-refractivity contribution in [3.05, 3.63) is 0 Å². The van der Waals surface area contributed by atoms with Gasteiger partial charge in [-0.05, 0) is 26.7 Å². The second-order valence-electron chi connectivity index (χ2n) is 5.92. The summed E-state index contributed by atoms with van der Waals surface area (Å²) >= 11 is 0. The zero-order chi connectivity index (χ0) is 13.2. The number of hydrogen-bond donors (Lipinski definition) is 2. The van der Waals surface area contributed by atoms with Crippen molar-refractivity contribution in [3.8, 4) is 0 Å². The van der Waals surface area contributed by atoms with Crippen LogP contribution in [-0.4, -0.2) is 41.4 Å². The summed E-state index contributed by atoms with van der Waals surface area (Å²) in [5.41, 5.74) is 5.64. The lowest BCUT2D eigenvalue weighted by molar-refractivity contribution is -0.140. The van der Waals surface area contributed by atoms with Gasteiger partial charge in [-0.2, -0.15) is 0 Å². The van der Waals surface area contributed by atoms with E-state index in [0.717, 1.165) is 0 Å². The van der Waals surface area contributed by atoms with Crippen LogP contribution in [0.4, 0.5) is 0 Å². The van der Waals surface area contributed by atoms with Gasteiger partial charge in [-0.1, -0.05) is 6.92 Å². The van der Waals surface area contributed by atoms with Crippen LogP contribution in [0.3, 0.4) is 0 Å². The lowest BCUT2D eigenvalue weighted by Gasteiger charge is -2.35. The molecule has 0 radical (unpaired) electrons. The Morgan fingerprint density at radius 1 is 1.53 bits per heavy atom. The van der Waals surface area contributed by atoms with Crippen LogP contribution in [0.1, 0.15) is 34.1 Å². The van der Waals surface area contributed by atoms with Gasteiger partial charge in [0, 0.05) is 24.5 Å². The van der Waals surface area contributed by atoms with Gasteiger partial charge in [0.1, 0.15) is 0 Å². The van der Waals surface area contributed by atoms with E-state index in [9.17, 15) is 9.59 Å². The number of nitrogens with zero attached hydrogens (tertiary/aromatic N) is 1. The van der Waals surface area contributed by atoms with Crippen LogP contribution in [-0.2, 0) is 9.59 Å². The number of likely N-dealkylation sites (tertiary alicyclic amines) is 1. The molecule has 1 rings (SSSR count). The van der Waals surface area contributed by atoms with Crippen molar-refractivity contribution in [2.24, 2.45) is 11.7 Å². The van der Waals surface area contributed by atoms with Gasteiger partial charge in [0.25, 0.3) is 0 Å². The predicted octanol–water partition coefficient (Wildman–Crippen LogP) is 0.0968. The molecule has 1 fully saturated rings. The molecule has 5 heteroatoms. The Morgan fingerprint density at radius 3 is 2.65 bits per heavy atom. The van der Waals surface area contributed by atoms with Crippen LogP contribution >= 0.6 is 0 Å². The molecule has 5 nitrogen and oxygen atoms in total. The minimum Gasteiger partial charge on any atom is -0.350 e. The van der Waals surface area contributed by atoms with E-state index in [0.29, 0.717) is 13.0 Å². The largest absolute Gasteiger partial charge is 0.350 e. The molecule has 0 spiro atoms. The summed E-state index contributed by atoms with van der Waals surface area (Å²) in [6, 6.07) is -0.0323. The van der Waals surface area contributed by atoms with Crippen LogP contribution in [0.15, 0.2) is 0 Å². The second-order valence-corrected chi connectivity index (χ2v) is 5.92. The van der Waals surface area contributed by atoms with Crippen molar-refractivity contribution in [1.29, 1.82) is 0 Å². The van der Waals surface area contributed by atoms with E-state index in [2.05, 4.69) is 5.32 Å². The summed E-state index contributed by atoms with van der Waals surface area (Å²) in [7, 11) is 0. The van der Waals surface area contributed by atoms with Crippen LogP contribution in [0.5, 0.6) is 0 Å². The zero-order valence-corrected chi connectivity index (χ0v) is 11.1. The Bertz CT molecular complexity index is 309. The number of rotatable bonds is 2. The van der Waals surface area contributed by atoms with Gasteiger partial charge >= 0.3 is 0 Å². The highest BCUT2D eigenvalue weighted by Crippen LogP contribution is 2.16. The number of amides is 2. The van der Waals surface area contributed by atoms with Crippen LogP contribution in [0.25, 0.3) is 0 Å². The van der Waals surface area contributed by atoms with E-state index in [1.807, 2.05) is 27.7 Å². The first-order chi connectivity index (χ1) is 7.69. The Labute approximate surface area is 103 Å². The quantitative estimate of drug-likeness (QED) is 0.720. The second kappa shape index (κ2) is 5.04. The monoisotopic (exact) mass is 241 g/mol. The molecular weight excluding hydrogens is 218 g/mol. The molecule has 0 aliphatic carbocycles. The molecule has 17 heavy (non-hydrogen) atoms. The number of nitrogens with two attached hydrogens (primary N) is 1. The molecule has 3 N–H and O–H groups in total. The molecule has 2 amide bonds. The molecule has 2 unspecified atom stereocenters. The Morgan fingerprint density at radius 2 is 2.12 bits per heavy atom. The highest BCUT2D eigenvalue weighted by Gasteiger charge is 2.30. The highest BCUT2D eigenvalue weighted by molar-refractivity contribution is 5.85. The Balaban J connectivity index is 2.51. The molecule has 1 saturated heterocycles. The number of carbonyl (C=O) groups excluding carboxylic acids is 2. The third-order valence-electron chi connectivity index (χ3n) is 2.86. The van der Waals surface area contributed by atoms with Crippen molar-refractivity contribution < 1.29 is 9.59 Å². The molecule has 1 aliphatic heterocycles. The molecular formula is C12H23N3O2. The summed E-state index contributed by atoms with van der Waals surface area (Å²) < 4.78 is 0. The van der Waals surface area contributed by atoms with E-state index in [1.165, 1.54) is 0 Å². The molecule has 2 atom stereocenters. The molecule has 0 aromatic rings. The van der Waals surface area contributed by atoms with Crippen molar-refractivity contribution in [3.63, 3.8) is 0 Å². The van der Waals surface area contributed by atoms with Crippen molar-refractivity contribution in [2.45, 2.75) is 45.7 Å². The third kappa shape index (κ3) is 4.34. The molecule has 1 heterocycles. The van der Waals surface area contributed by atoms with Crippen molar-refractivity contribution >= 4 is 11.8 Å². The molecule has 0 saturated carbocycles. The fourth-order valence-corrected chi connectivity index (χ4v) is 1.88. The lowest BCUT2D eigenvalue weighted by atomic mass is 9.94. The molecule has 1 aliphatic rings. The van der Waals surface area contributed by atoms with Gasteiger partial charge in [0.05, 0.1) is 6.54 Å². The minimum atomic E-state index is -0.272. The molecule has 0 aromatic carbocycles. The number of hydrogen-bond acceptors (Lipinski definition) is 3. The summed E-state index contributed by atoms with van der Waals surface area (Å²) in [5, 5.41) is 2.84. The summed E-state index contributed by atoms with van der Waals surface area (Å²) in [5.74, 6) is 0.0836. The number of carbonyl (C=O) groups is 2. The maximum atomic E-state index is 11.7. The van der Waals surface area contributed by atoms with Crippen LogP contribution in [0, 0.1) is 5.92 Å². The SMILES string of the molecule is CC1CC(=O)N(CC(=O)NC(C)(C)C)CC1N. The molecule has 98 valence electrons. The fourth-order valence-electron chi connectivity index (χ4n) is 1.88. The predicted molar refractivity (Wildman–Crippen MR) is 66.2 cm³/mol. The zero-order valence-electron chi connectivity index (χ0n) is 11.1. The average molecular weight is 241 g/mol. The van der Waals surface area contributed by atoms with Gasteiger partial charge in [0.2, 0.25) is 11.8 Å². The van der Waals surface area contributed by atoms with E-state index in [4.69, 9.17) is 5.73 Å². The van der Waals surface area contributed by atoms with Gasteiger partial charge in [0.15, 0.2) is 0 Å². The lowest BCUT2D eigenvalue weighted by Crippen LogP contribution is -2.54. The van der Waals surface area contributed by atoms with Crippen molar-refractivity contribution in [2.75, 3.05) is 13.1 Å². The van der Waals surface area contributed by atoms with Gasteiger partial charge < -0.3 is 16.0 Å². The Kier molecular flexibility index (Phi) is 4.14. The van der Waals surface area contributed by atoms with E-state index in [-0.39, 0.29) is 35.9 Å². The topological polar surface area (TPSA) is 75.4 Å². The maximum Gasteiger partial charge on any atom is 0.240 e. The number of nitrogens with one attached hydrogen (secondary N) is 1. The first kappa shape index (κ1) is 14.0. The third-order valence-corrected chi connectivity index (χ3v) is 2.86. The molecule has 0 bridgehead atoms. The van der Waals surface area contributed by atoms with Crippen LogP contribution < -0.4 is 11.1 Å². The first-order valence-corrected chi connectivity index (χ1v) is 6.03. The smallest absolute Gasteiger partial charge is 0.240 e. The maximum absolute atomic E-state index is 11.7. The number of piperidine rings is 1. The van der Waals surface area contributed by atoms with E-state index in [1.54, 1.807) is 4.90 Å². The van der Waals surface area contributed by atoms with Gasteiger partial charge in [-0.25, -0.2) is 0 Å².